The van der Waals surface area contributed by atoms with E-state index < -0.39 is 23.2 Å². The lowest BCUT2D eigenvalue weighted by Gasteiger charge is -2.06. The number of benzene rings is 2. The number of aryl methyl sites for hydroxylation is 1. The normalized spacial score (nSPS) is 10.5. The van der Waals surface area contributed by atoms with Crippen LogP contribution < -0.4 is 5.73 Å². The highest BCUT2D eigenvalue weighted by Crippen LogP contribution is 2.20. The molecule has 0 saturated carbocycles. The van der Waals surface area contributed by atoms with Crippen LogP contribution in [0.1, 0.15) is 21.5 Å². The van der Waals surface area contributed by atoms with Crippen molar-refractivity contribution in [3.8, 4) is 0 Å². The van der Waals surface area contributed by atoms with Crippen molar-refractivity contribution in [1.82, 2.24) is 0 Å². The third kappa shape index (κ3) is 2.45. The average molecular weight is 265 g/mol. The lowest BCUT2D eigenvalue weighted by Crippen LogP contribution is -2.07. The van der Waals surface area contributed by atoms with E-state index in [1.807, 2.05) is 0 Å². The van der Waals surface area contributed by atoms with Gasteiger partial charge >= 0.3 is 0 Å². The first-order chi connectivity index (χ1) is 8.90. The third-order valence-electron chi connectivity index (χ3n) is 2.75. The van der Waals surface area contributed by atoms with Crippen LogP contribution in [0.3, 0.4) is 0 Å². The number of carbonyl (C=O) groups excluding carboxylic acids is 1. The molecular weight excluding hydrogens is 255 g/mol. The monoisotopic (exact) mass is 265 g/mol. The third-order valence-corrected chi connectivity index (χ3v) is 2.75. The van der Waals surface area contributed by atoms with Crippen LogP contribution in [0.5, 0.6) is 0 Å². The van der Waals surface area contributed by atoms with Crippen molar-refractivity contribution in [3.05, 3.63) is 64.5 Å². The van der Waals surface area contributed by atoms with Gasteiger partial charge < -0.3 is 5.73 Å². The molecule has 2 N–H and O–H groups in total. The Morgan fingerprint density at radius 1 is 1.00 bits per heavy atom. The summed E-state index contributed by atoms with van der Waals surface area (Å²) in [6.45, 7) is 1.42. The fourth-order valence-corrected chi connectivity index (χ4v) is 1.67. The van der Waals surface area contributed by atoms with E-state index in [2.05, 4.69) is 0 Å². The zero-order valence-corrected chi connectivity index (χ0v) is 10.0. The predicted molar refractivity (Wildman–Crippen MR) is 65.3 cm³/mol. The van der Waals surface area contributed by atoms with Crippen molar-refractivity contribution >= 4 is 11.5 Å². The second-order valence-corrected chi connectivity index (χ2v) is 4.15. The van der Waals surface area contributed by atoms with E-state index in [-0.39, 0.29) is 22.4 Å². The van der Waals surface area contributed by atoms with Gasteiger partial charge in [-0.05, 0) is 36.8 Å². The van der Waals surface area contributed by atoms with E-state index in [4.69, 9.17) is 5.73 Å². The van der Waals surface area contributed by atoms with E-state index in [9.17, 15) is 18.0 Å². The Hall–Kier alpha value is -2.30. The molecule has 0 aliphatic heterocycles. The van der Waals surface area contributed by atoms with Gasteiger partial charge in [0.25, 0.3) is 0 Å². The van der Waals surface area contributed by atoms with E-state index >= 15 is 0 Å². The smallest absolute Gasteiger partial charge is 0.196 e. The summed E-state index contributed by atoms with van der Waals surface area (Å²) in [4.78, 5) is 12.1. The maximum atomic E-state index is 13.6. The van der Waals surface area contributed by atoms with Crippen LogP contribution >= 0.6 is 0 Å². The zero-order chi connectivity index (χ0) is 14.2. The molecule has 0 radical (unpaired) electrons. The highest BCUT2D eigenvalue weighted by Gasteiger charge is 2.17. The Bertz CT molecular complexity index is 668. The summed E-state index contributed by atoms with van der Waals surface area (Å²) >= 11 is 0. The molecule has 98 valence electrons. The molecule has 0 saturated heterocycles. The van der Waals surface area contributed by atoms with Crippen LogP contribution in [0.2, 0.25) is 0 Å². The number of hydrogen-bond acceptors (Lipinski definition) is 2. The van der Waals surface area contributed by atoms with Crippen molar-refractivity contribution in [2.45, 2.75) is 6.92 Å². The Labute approximate surface area is 107 Å². The number of nitrogen functional groups attached to an aromatic ring is 1. The molecule has 2 aromatic carbocycles. The molecule has 5 heteroatoms. The molecule has 2 nitrogen and oxygen atoms in total. The quantitative estimate of drug-likeness (QED) is 0.669. The van der Waals surface area contributed by atoms with Gasteiger partial charge in [0, 0.05) is 11.6 Å². The second-order valence-electron chi connectivity index (χ2n) is 4.15. The van der Waals surface area contributed by atoms with Crippen LogP contribution in [0, 0.1) is 24.4 Å². The largest absolute Gasteiger partial charge is 0.396 e. The van der Waals surface area contributed by atoms with E-state index in [1.54, 1.807) is 0 Å². The summed E-state index contributed by atoms with van der Waals surface area (Å²) in [7, 11) is 0. The number of carbonyl (C=O) groups is 1. The molecule has 0 fully saturated rings. The summed E-state index contributed by atoms with van der Waals surface area (Å²) in [5.41, 5.74) is 5.07. The Morgan fingerprint density at radius 3 is 2.32 bits per heavy atom. The number of nitrogens with two attached hydrogens (primary N) is 1. The predicted octanol–water partition coefficient (Wildman–Crippen LogP) is 3.23. The zero-order valence-electron chi connectivity index (χ0n) is 10.0. The molecule has 0 bridgehead atoms. The maximum Gasteiger partial charge on any atom is 0.196 e. The SMILES string of the molecule is Cc1cc(C(=O)c2ccc(F)c(N)c2)c(F)cc1F. The van der Waals surface area contributed by atoms with Gasteiger partial charge in [-0.3, -0.25) is 4.79 Å². The average Bonchev–Trinajstić information content (AvgIpc) is 2.36. The maximum absolute atomic E-state index is 13.6. The van der Waals surface area contributed by atoms with Gasteiger partial charge in [-0.25, -0.2) is 13.2 Å². The summed E-state index contributed by atoms with van der Waals surface area (Å²) in [6, 6.07) is 5.11. The van der Waals surface area contributed by atoms with Crippen LogP contribution in [0.25, 0.3) is 0 Å². The number of anilines is 1. The molecule has 0 amide bonds. The highest BCUT2D eigenvalue weighted by atomic mass is 19.1. The lowest BCUT2D eigenvalue weighted by atomic mass is 10.0. The number of hydrogen-bond donors (Lipinski definition) is 1. The first-order valence-corrected chi connectivity index (χ1v) is 5.45. The van der Waals surface area contributed by atoms with Crippen molar-refractivity contribution in [1.29, 1.82) is 0 Å². The minimum atomic E-state index is -0.962. The van der Waals surface area contributed by atoms with E-state index in [1.165, 1.54) is 13.0 Å². The van der Waals surface area contributed by atoms with Gasteiger partial charge in [-0.2, -0.15) is 0 Å². The van der Waals surface area contributed by atoms with Gasteiger partial charge in [0.15, 0.2) is 5.78 Å². The summed E-state index contributed by atoms with van der Waals surface area (Å²) in [5.74, 6) is -3.02. The minimum absolute atomic E-state index is 0.0452. The molecule has 0 heterocycles. The molecule has 0 aromatic heterocycles. The minimum Gasteiger partial charge on any atom is -0.396 e. The molecular formula is C14H10F3NO. The molecule has 0 spiro atoms. The first kappa shape index (κ1) is 13.1. The Balaban J connectivity index is 2.49. The fourth-order valence-electron chi connectivity index (χ4n) is 1.67. The van der Waals surface area contributed by atoms with Crippen molar-refractivity contribution in [2.24, 2.45) is 0 Å². The van der Waals surface area contributed by atoms with Gasteiger partial charge in [-0.1, -0.05) is 0 Å². The van der Waals surface area contributed by atoms with Crippen molar-refractivity contribution in [3.63, 3.8) is 0 Å². The summed E-state index contributed by atoms with van der Waals surface area (Å²) in [5, 5.41) is 0. The van der Waals surface area contributed by atoms with Crippen molar-refractivity contribution < 1.29 is 18.0 Å². The number of halogens is 3. The molecule has 0 aliphatic rings. The van der Waals surface area contributed by atoms with Crippen LogP contribution in [0.15, 0.2) is 30.3 Å². The molecule has 0 aliphatic carbocycles. The van der Waals surface area contributed by atoms with Crippen LogP contribution in [-0.2, 0) is 0 Å². The topological polar surface area (TPSA) is 43.1 Å². The molecule has 2 rings (SSSR count). The highest BCUT2D eigenvalue weighted by molar-refractivity contribution is 6.09. The first-order valence-electron chi connectivity index (χ1n) is 5.45. The van der Waals surface area contributed by atoms with Gasteiger partial charge in [0.05, 0.1) is 11.3 Å². The summed E-state index contributed by atoms with van der Waals surface area (Å²) in [6.07, 6.45) is 0. The van der Waals surface area contributed by atoms with Gasteiger partial charge in [0.1, 0.15) is 17.5 Å². The van der Waals surface area contributed by atoms with Crippen LogP contribution in [-0.4, -0.2) is 5.78 Å². The number of ketones is 1. The van der Waals surface area contributed by atoms with Crippen molar-refractivity contribution in [2.75, 3.05) is 5.73 Å². The lowest BCUT2D eigenvalue weighted by molar-refractivity contribution is 0.103. The molecule has 2 aromatic rings. The van der Waals surface area contributed by atoms with E-state index in [0.717, 1.165) is 18.2 Å². The van der Waals surface area contributed by atoms with Crippen LogP contribution in [0.4, 0.5) is 18.9 Å². The van der Waals surface area contributed by atoms with E-state index in [0.29, 0.717) is 6.07 Å². The molecule has 19 heavy (non-hydrogen) atoms. The Kier molecular flexibility index (Phi) is 3.29. The van der Waals surface area contributed by atoms with Gasteiger partial charge in [0.2, 0.25) is 0 Å². The molecule has 0 unspecified atom stereocenters. The standard InChI is InChI=1S/C14H10F3NO/c1-7-4-9(12(17)6-11(7)16)14(19)8-2-3-10(15)13(18)5-8/h2-6H,18H2,1H3. The number of rotatable bonds is 2. The molecule has 0 atom stereocenters. The van der Waals surface area contributed by atoms with Gasteiger partial charge in [-0.15, -0.1) is 0 Å². The Morgan fingerprint density at radius 2 is 1.68 bits per heavy atom. The second kappa shape index (κ2) is 4.76. The fraction of sp³-hybridized carbons (Fsp3) is 0.0714. The summed E-state index contributed by atoms with van der Waals surface area (Å²) < 4.78 is 39.7.